The summed E-state index contributed by atoms with van der Waals surface area (Å²) in [4.78, 5) is 0. The molecule has 6 aliphatic carbocycles. The first-order valence-electron chi connectivity index (χ1n) is 61.8. The van der Waals surface area contributed by atoms with Crippen molar-refractivity contribution in [3.8, 4) is 0 Å². The molecule has 18 nitrogen and oxygen atoms in total. The third kappa shape index (κ3) is 47.0. The summed E-state index contributed by atoms with van der Waals surface area (Å²) in [5.74, 6) is 7.95. The van der Waals surface area contributed by atoms with Crippen LogP contribution in [0.4, 0.5) is 0 Å². The highest BCUT2D eigenvalue weighted by atomic mass is 16.5. The highest BCUT2D eigenvalue weighted by molar-refractivity contribution is 5.03. The molecule has 6 rings (SSSR count). The Morgan fingerprint density at radius 2 is 0.336 bits per heavy atom. The maximum atomic E-state index is 6.88. The quantitative estimate of drug-likeness (QED) is 0.0527. The van der Waals surface area contributed by atoms with Gasteiger partial charge in [-0.15, -0.1) is 0 Å². The molecular formula is C131H262O18. The van der Waals surface area contributed by atoms with Crippen LogP contribution in [0.15, 0.2) is 0 Å². The highest BCUT2D eigenvalue weighted by Crippen LogP contribution is 2.54. The fourth-order valence-electron chi connectivity index (χ4n) is 25.2. The van der Waals surface area contributed by atoms with Crippen LogP contribution in [-0.2, 0) is 85.3 Å². The Morgan fingerprint density at radius 1 is 0.174 bits per heavy atom. The van der Waals surface area contributed by atoms with Gasteiger partial charge in [0.25, 0.3) is 0 Å². The molecule has 0 aromatic carbocycles. The van der Waals surface area contributed by atoms with Gasteiger partial charge in [0.05, 0.1) is 156 Å². The number of hydrogen-bond acceptors (Lipinski definition) is 18. The van der Waals surface area contributed by atoms with Crippen molar-refractivity contribution >= 4 is 0 Å². The molecule has 6 fully saturated rings. The molecule has 5 unspecified atom stereocenters. The molecule has 0 N–H and O–H groups in total. The van der Waals surface area contributed by atoms with Crippen LogP contribution in [0, 0.1) is 142 Å². The summed E-state index contributed by atoms with van der Waals surface area (Å²) in [6.45, 7) is 84.5. The van der Waals surface area contributed by atoms with Crippen molar-refractivity contribution in [2.24, 2.45) is 142 Å². The Morgan fingerprint density at radius 3 is 0.497 bits per heavy atom. The lowest BCUT2D eigenvalue weighted by molar-refractivity contribution is -0.168. The Bertz CT molecular complexity index is 3070. The van der Waals surface area contributed by atoms with Crippen molar-refractivity contribution in [3.63, 3.8) is 0 Å². The number of hydrogen-bond donors (Lipinski definition) is 0. The molecule has 149 heavy (non-hydrogen) atoms. The zero-order valence-electron chi connectivity index (χ0n) is 108. The fraction of sp³-hybridized carbons (Fsp3) is 1.00. The van der Waals surface area contributed by atoms with E-state index in [9.17, 15) is 0 Å². The van der Waals surface area contributed by atoms with Crippen LogP contribution in [0.1, 0.15) is 465 Å². The fourth-order valence-corrected chi connectivity index (χ4v) is 25.2. The molecule has 0 radical (unpaired) electrons. The van der Waals surface area contributed by atoms with Gasteiger partial charge >= 0.3 is 0 Å². The van der Waals surface area contributed by atoms with E-state index < -0.39 is 0 Å². The van der Waals surface area contributed by atoms with Crippen molar-refractivity contribution in [3.05, 3.63) is 0 Å². The lowest BCUT2D eigenvalue weighted by Crippen LogP contribution is -2.53. The summed E-state index contributed by atoms with van der Waals surface area (Å²) < 4.78 is 108. The van der Waals surface area contributed by atoms with Crippen molar-refractivity contribution in [1.82, 2.24) is 0 Å². The molecule has 0 bridgehead atoms. The molecule has 0 aromatic rings. The molecule has 6 saturated carbocycles. The van der Waals surface area contributed by atoms with Crippen LogP contribution in [0.25, 0.3) is 0 Å². The van der Waals surface area contributed by atoms with Crippen molar-refractivity contribution in [2.75, 3.05) is 204 Å². The van der Waals surface area contributed by atoms with E-state index in [2.05, 4.69) is 215 Å². The topological polar surface area (TPSA) is 166 Å². The second kappa shape index (κ2) is 76.3. The van der Waals surface area contributed by atoms with E-state index in [0.717, 1.165) is 32.3 Å². The summed E-state index contributed by atoms with van der Waals surface area (Å²) in [6.07, 6.45) is 53.6. The van der Waals surface area contributed by atoms with Crippen LogP contribution < -0.4 is 0 Å². The van der Waals surface area contributed by atoms with Crippen LogP contribution in [0.2, 0.25) is 0 Å². The van der Waals surface area contributed by atoms with E-state index >= 15 is 0 Å². The van der Waals surface area contributed by atoms with Crippen molar-refractivity contribution in [1.29, 1.82) is 0 Å². The molecule has 0 saturated heterocycles. The lowest BCUT2D eigenvalue weighted by atomic mass is 9.60. The predicted molar refractivity (Wildman–Crippen MR) is 631 cm³/mol. The molecule has 18 heteroatoms. The van der Waals surface area contributed by atoms with E-state index in [1.165, 1.54) is 250 Å². The molecule has 0 spiro atoms. The Labute approximate surface area is 927 Å². The van der Waals surface area contributed by atoms with E-state index in [4.69, 9.17) is 85.3 Å². The zero-order valence-corrected chi connectivity index (χ0v) is 108. The first kappa shape index (κ1) is 146. The molecular weight excluding hydrogens is 1860 g/mol. The third-order valence-electron chi connectivity index (χ3n) is 41.5. The van der Waals surface area contributed by atoms with Crippen molar-refractivity contribution in [2.45, 2.75) is 502 Å². The largest absolute Gasteiger partial charge is 0.384 e. The second-order valence-electron chi connectivity index (χ2n) is 55.2. The van der Waals surface area contributed by atoms with Crippen LogP contribution in [-0.4, -0.2) is 241 Å². The molecule has 5 atom stereocenters. The average molecular weight is 2130 g/mol. The predicted octanol–water partition coefficient (Wildman–Crippen LogP) is 33.7. The Kier molecular flexibility index (Phi) is 74.9. The van der Waals surface area contributed by atoms with Gasteiger partial charge in [-0.1, -0.05) is 382 Å². The molecule has 0 amide bonds. The second-order valence-corrected chi connectivity index (χ2v) is 55.2. The zero-order chi connectivity index (χ0) is 113. The molecule has 894 valence electrons. The van der Waals surface area contributed by atoms with E-state index in [1.807, 2.05) is 0 Å². The SMILES string of the molecule is COCC(COC)(COC1C(C(C)C)CCCC1C(C)C)C(C)(C)C(C)C.COCC(COC)(COC1CCC(C)CC1C(C)C)C(C)(C)C(C)C.COCC(COC)(COC1CCCCCC1)C(C)(C)C(C)C.COCC(COC)(COC1CCCCCCC1)C(C)(C)C(C)C.COCC(COC)(COC1CCCCCCCCC1)C(C)(C)C(C)C.COCC(COC)(COC1CCCCCCCCCCC1)C(C)(C)C(C)C. The van der Waals surface area contributed by atoms with Crippen LogP contribution >= 0.6 is 0 Å². The smallest absolute Gasteiger partial charge is 0.0636 e. The summed E-state index contributed by atoms with van der Waals surface area (Å²) in [5, 5.41) is 0. The Hall–Kier alpha value is -0.720. The van der Waals surface area contributed by atoms with Gasteiger partial charge in [0.2, 0.25) is 0 Å². The van der Waals surface area contributed by atoms with E-state index in [1.54, 1.807) is 85.3 Å². The minimum atomic E-state index is -0.148. The minimum Gasteiger partial charge on any atom is -0.384 e. The summed E-state index contributed by atoms with van der Waals surface area (Å²) in [7, 11) is 21.5. The molecule has 0 aromatic heterocycles. The number of methoxy groups -OCH3 is 12. The first-order valence-corrected chi connectivity index (χ1v) is 61.8. The molecule has 6 aliphatic rings. The van der Waals surface area contributed by atoms with Gasteiger partial charge in [0.15, 0.2) is 0 Å². The molecule has 0 aliphatic heterocycles. The van der Waals surface area contributed by atoms with E-state index in [0.29, 0.717) is 200 Å². The minimum absolute atomic E-state index is 0.0499. The normalized spacial score (nSPS) is 21.3. The van der Waals surface area contributed by atoms with Gasteiger partial charge in [-0.2, -0.15) is 0 Å². The number of ether oxygens (including phenoxy) is 18. The lowest BCUT2D eigenvalue weighted by Gasteiger charge is -2.50. The van der Waals surface area contributed by atoms with E-state index in [-0.39, 0.29) is 65.0 Å². The van der Waals surface area contributed by atoms with Crippen LogP contribution in [0.5, 0.6) is 0 Å². The first-order chi connectivity index (χ1) is 70.2. The number of rotatable bonds is 57. The third-order valence-corrected chi connectivity index (χ3v) is 41.5. The summed E-state index contributed by atoms with van der Waals surface area (Å²) in [5.41, 5.74) is -0.273. The van der Waals surface area contributed by atoms with Crippen LogP contribution in [0.3, 0.4) is 0 Å². The van der Waals surface area contributed by atoms with Gasteiger partial charge in [-0.25, -0.2) is 0 Å². The van der Waals surface area contributed by atoms with Gasteiger partial charge < -0.3 is 85.3 Å². The monoisotopic (exact) mass is 2120 g/mol. The average Bonchev–Trinajstić information content (AvgIpc) is 1.16. The standard InChI is InChI=1S/2C24H48O3.2C22H44O3.C20H40O3.C19H38O3/c1-17(2)20-12-11-13-21(18(3)4)22(20)27-16-24(14-25-9,15-26-10)23(7,8)19(5)6;1-21(2)23(3,4)24(18-25-5,19-26-6)20-27-22-16-14-12-10-8-7-9-11-13-15-17-22;1-16(2)19-12-18(5)10-11-20(19)25-15-22(13-23-8,14-24-9)21(6,7)17(3)4;1-19(2)21(3,4)22(16-23-5,17-24-6)18-25-20-14-12-10-8-7-9-11-13-15-20;1-17(2)19(3,4)20(14-21-5,15-22-6)16-23-18-12-10-8-7-9-11-13-18;1-16(2)18(3,4)19(13-20-5,14-21-6)15-22-17-11-9-7-8-10-12-17/h17-22H,11-16H2,1-10H3;21-22H,7-20H2,1-6H3;16-20H,10-15H2,1-9H3;19-20H,7-18H2,1-6H3;17-18H,7-16H2,1-6H3;16-17H,7-15H2,1-6H3. The van der Waals surface area contributed by atoms with Gasteiger partial charge in [-0.05, 0) is 193 Å². The highest BCUT2D eigenvalue weighted by Gasteiger charge is 2.55. The maximum absolute atomic E-state index is 6.88. The van der Waals surface area contributed by atoms with Gasteiger partial charge in [0.1, 0.15) is 0 Å². The maximum Gasteiger partial charge on any atom is 0.0636 e. The van der Waals surface area contributed by atoms with Crippen molar-refractivity contribution < 1.29 is 85.3 Å². The Balaban J connectivity index is 0.000000895. The van der Waals surface area contributed by atoms with Gasteiger partial charge in [0, 0.05) is 118 Å². The summed E-state index contributed by atoms with van der Waals surface area (Å²) in [6, 6.07) is 0. The summed E-state index contributed by atoms with van der Waals surface area (Å²) >= 11 is 0. The van der Waals surface area contributed by atoms with Gasteiger partial charge in [-0.3, -0.25) is 0 Å². The molecule has 0 heterocycles.